The van der Waals surface area contributed by atoms with Crippen LogP contribution in [0.4, 0.5) is 4.79 Å². The van der Waals surface area contributed by atoms with Crippen LogP contribution in [0.15, 0.2) is 71.6 Å². The zero-order chi connectivity index (χ0) is 25.8. The molecule has 0 radical (unpaired) electrons. The minimum Gasteiger partial charge on any atom is -0.488 e. The van der Waals surface area contributed by atoms with Crippen molar-refractivity contribution in [2.24, 2.45) is 0 Å². The van der Waals surface area contributed by atoms with Gasteiger partial charge in [-0.05, 0) is 63.2 Å². The lowest BCUT2D eigenvalue weighted by Crippen LogP contribution is -2.41. The molecule has 1 aliphatic heterocycles. The van der Waals surface area contributed by atoms with E-state index in [1.807, 2.05) is 36.4 Å². The zero-order valence-corrected chi connectivity index (χ0v) is 21.9. The first-order chi connectivity index (χ1) is 17.1. The summed E-state index contributed by atoms with van der Waals surface area (Å²) in [6, 6.07) is 20.4. The largest absolute Gasteiger partial charge is 0.488 e. The third kappa shape index (κ3) is 6.17. The Hall–Kier alpha value is -3.10. The maximum absolute atomic E-state index is 13.7. The molecular formula is C28H34N2O5S. The number of carbonyl (C=O) groups is 1. The molecule has 0 fully saturated rings. The molecule has 8 heteroatoms. The molecule has 4 rings (SSSR count). The molecule has 1 N–H and O–H groups in total. The van der Waals surface area contributed by atoms with E-state index >= 15 is 0 Å². The van der Waals surface area contributed by atoms with Gasteiger partial charge in [-0.25, -0.2) is 17.5 Å². The summed E-state index contributed by atoms with van der Waals surface area (Å²) >= 11 is 0. The number of fused-ring (bicyclic) bond motifs is 2. The van der Waals surface area contributed by atoms with E-state index < -0.39 is 21.7 Å². The van der Waals surface area contributed by atoms with Crippen molar-refractivity contribution >= 4 is 26.9 Å². The quantitative estimate of drug-likeness (QED) is 0.401. The van der Waals surface area contributed by atoms with Crippen LogP contribution >= 0.6 is 0 Å². The van der Waals surface area contributed by atoms with Crippen LogP contribution in [0.1, 0.15) is 39.2 Å². The van der Waals surface area contributed by atoms with Crippen LogP contribution < -0.4 is 10.1 Å². The van der Waals surface area contributed by atoms with E-state index in [1.165, 1.54) is 11.6 Å². The molecule has 0 spiro atoms. The summed E-state index contributed by atoms with van der Waals surface area (Å²) in [5, 5.41) is 4.76. The number of para-hydroxylation sites is 1. The number of ether oxygens (including phenoxy) is 2. The molecule has 0 saturated carbocycles. The van der Waals surface area contributed by atoms with Crippen molar-refractivity contribution in [3.05, 3.63) is 72.3 Å². The van der Waals surface area contributed by atoms with Gasteiger partial charge >= 0.3 is 6.09 Å². The maximum atomic E-state index is 13.7. The first-order valence-electron chi connectivity index (χ1n) is 12.3. The van der Waals surface area contributed by atoms with Crippen LogP contribution in [0.5, 0.6) is 5.75 Å². The molecule has 1 heterocycles. The van der Waals surface area contributed by atoms with Gasteiger partial charge in [-0.2, -0.15) is 0 Å². The van der Waals surface area contributed by atoms with Crippen LogP contribution in [-0.4, -0.2) is 50.2 Å². The van der Waals surface area contributed by atoms with Crippen molar-refractivity contribution in [1.82, 2.24) is 9.62 Å². The molecule has 1 aliphatic rings. The van der Waals surface area contributed by atoms with Crippen LogP contribution in [0.2, 0.25) is 0 Å². The number of amides is 1. The van der Waals surface area contributed by atoms with E-state index in [1.54, 1.807) is 39.0 Å². The third-order valence-electron chi connectivity index (χ3n) is 5.97. The fourth-order valence-corrected chi connectivity index (χ4v) is 5.85. The molecule has 0 bridgehead atoms. The van der Waals surface area contributed by atoms with Gasteiger partial charge in [0.05, 0.1) is 4.90 Å². The van der Waals surface area contributed by atoms with Crippen molar-refractivity contribution in [2.45, 2.75) is 56.6 Å². The summed E-state index contributed by atoms with van der Waals surface area (Å²) < 4.78 is 39.6. The van der Waals surface area contributed by atoms with Crippen molar-refractivity contribution in [1.29, 1.82) is 0 Å². The van der Waals surface area contributed by atoms with Gasteiger partial charge in [-0.15, -0.1) is 0 Å². The molecule has 7 nitrogen and oxygen atoms in total. The average molecular weight is 511 g/mol. The summed E-state index contributed by atoms with van der Waals surface area (Å²) in [4.78, 5) is 13.1. The van der Waals surface area contributed by atoms with E-state index in [0.717, 1.165) is 21.9 Å². The first kappa shape index (κ1) is 26.0. The van der Waals surface area contributed by atoms with Crippen molar-refractivity contribution in [3.63, 3.8) is 0 Å². The Morgan fingerprint density at radius 2 is 1.75 bits per heavy atom. The summed E-state index contributed by atoms with van der Waals surface area (Å²) in [5.74, 6) is 0.941. The summed E-state index contributed by atoms with van der Waals surface area (Å²) in [6.07, 6.45) is 1.30. The fourth-order valence-electron chi connectivity index (χ4n) is 4.30. The lowest BCUT2D eigenvalue weighted by atomic mass is 10.1. The minimum atomic E-state index is -4.12. The standard InChI is InChI=1S/C28H34N2O5S/c1-28(2,3)35-27(31)30(36(32,33)26-16-10-13-21-11-4-6-14-24(21)26)18-9-8-17-29-20-23-19-22-12-5-7-15-25(22)34-23/h4-7,10-16,23,29H,8-9,17-20H2,1-3H3. The third-order valence-corrected chi connectivity index (χ3v) is 7.79. The smallest absolute Gasteiger partial charge is 0.424 e. The number of nitrogens with zero attached hydrogens (tertiary/aromatic N) is 1. The predicted molar refractivity (Wildman–Crippen MR) is 141 cm³/mol. The van der Waals surface area contributed by atoms with E-state index in [0.29, 0.717) is 31.3 Å². The van der Waals surface area contributed by atoms with Gasteiger partial charge in [0.2, 0.25) is 0 Å². The van der Waals surface area contributed by atoms with Gasteiger partial charge < -0.3 is 14.8 Å². The SMILES string of the molecule is CC(C)(C)OC(=O)N(CCCCNCC1Cc2ccccc2O1)S(=O)(=O)c1cccc2ccccc12. The number of unbranched alkanes of at least 4 members (excludes halogenated alkanes) is 1. The van der Waals surface area contributed by atoms with Gasteiger partial charge in [-0.3, -0.25) is 0 Å². The van der Waals surface area contributed by atoms with Crippen LogP contribution in [0.25, 0.3) is 10.8 Å². The number of hydrogen-bond acceptors (Lipinski definition) is 6. The Balaban J connectivity index is 1.38. The molecule has 192 valence electrons. The molecule has 0 saturated heterocycles. The highest BCUT2D eigenvalue weighted by Crippen LogP contribution is 2.28. The second-order valence-corrected chi connectivity index (χ2v) is 11.8. The lowest BCUT2D eigenvalue weighted by molar-refractivity contribution is 0.0389. The number of rotatable bonds is 9. The van der Waals surface area contributed by atoms with E-state index in [2.05, 4.69) is 11.4 Å². The van der Waals surface area contributed by atoms with Crippen LogP contribution in [0.3, 0.4) is 0 Å². The van der Waals surface area contributed by atoms with Gasteiger partial charge in [0, 0.05) is 24.9 Å². The molecule has 36 heavy (non-hydrogen) atoms. The zero-order valence-electron chi connectivity index (χ0n) is 21.1. The number of nitrogens with one attached hydrogen (secondary N) is 1. The second-order valence-electron chi connectivity index (χ2n) is 10.00. The van der Waals surface area contributed by atoms with Gasteiger partial charge in [0.25, 0.3) is 10.0 Å². The van der Waals surface area contributed by atoms with Crippen molar-refractivity contribution in [3.8, 4) is 5.75 Å². The Kier molecular flexibility index (Phi) is 7.85. The molecule has 3 aromatic rings. The Bertz CT molecular complexity index is 1290. The summed E-state index contributed by atoms with van der Waals surface area (Å²) in [7, 11) is -4.12. The molecule has 3 aromatic carbocycles. The highest BCUT2D eigenvalue weighted by molar-refractivity contribution is 7.89. The second kappa shape index (κ2) is 10.9. The predicted octanol–water partition coefficient (Wildman–Crippen LogP) is 5.14. The normalized spacial score (nSPS) is 15.4. The van der Waals surface area contributed by atoms with E-state index in [4.69, 9.17) is 9.47 Å². The van der Waals surface area contributed by atoms with Gasteiger partial charge in [0.15, 0.2) is 0 Å². The molecule has 1 unspecified atom stereocenters. The lowest BCUT2D eigenvalue weighted by Gasteiger charge is -2.27. The van der Waals surface area contributed by atoms with Gasteiger partial charge in [0.1, 0.15) is 17.5 Å². The molecule has 1 atom stereocenters. The number of benzene rings is 3. The molecule has 0 aromatic heterocycles. The topological polar surface area (TPSA) is 84.9 Å². The summed E-state index contributed by atoms with van der Waals surface area (Å²) in [5.41, 5.74) is 0.403. The Labute approximate surface area is 213 Å². The van der Waals surface area contributed by atoms with Crippen LogP contribution in [-0.2, 0) is 21.2 Å². The number of carbonyl (C=O) groups excluding carboxylic acids is 1. The monoisotopic (exact) mass is 510 g/mol. The summed E-state index contributed by atoms with van der Waals surface area (Å²) in [6.45, 7) is 6.60. The Morgan fingerprint density at radius 3 is 2.53 bits per heavy atom. The van der Waals surface area contributed by atoms with E-state index in [9.17, 15) is 13.2 Å². The minimum absolute atomic E-state index is 0.0352. The fraction of sp³-hybridized carbons (Fsp3) is 0.393. The van der Waals surface area contributed by atoms with Crippen LogP contribution in [0, 0.1) is 0 Å². The highest BCUT2D eigenvalue weighted by Gasteiger charge is 2.33. The van der Waals surface area contributed by atoms with E-state index in [-0.39, 0.29) is 17.5 Å². The molecular weight excluding hydrogens is 476 g/mol. The average Bonchev–Trinajstić information content (AvgIpc) is 3.24. The van der Waals surface area contributed by atoms with Crippen molar-refractivity contribution < 1.29 is 22.7 Å². The number of sulfonamides is 1. The molecule has 0 aliphatic carbocycles. The molecule has 1 amide bonds. The number of hydrogen-bond donors (Lipinski definition) is 1. The van der Waals surface area contributed by atoms with Crippen molar-refractivity contribution in [2.75, 3.05) is 19.6 Å². The maximum Gasteiger partial charge on any atom is 0.424 e. The Morgan fingerprint density at radius 1 is 1.03 bits per heavy atom. The highest BCUT2D eigenvalue weighted by atomic mass is 32.2. The first-order valence-corrected chi connectivity index (χ1v) is 13.8. The van der Waals surface area contributed by atoms with Gasteiger partial charge in [-0.1, -0.05) is 54.6 Å².